The molecule has 0 amide bonds. The van der Waals surface area contributed by atoms with E-state index in [2.05, 4.69) is 6.58 Å². The van der Waals surface area contributed by atoms with Gasteiger partial charge in [0.05, 0.1) is 4.92 Å². The van der Waals surface area contributed by atoms with Gasteiger partial charge in [-0.2, -0.15) is 0 Å². The van der Waals surface area contributed by atoms with Gasteiger partial charge < -0.3 is 5.11 Å². The van der Waals surface area contributed by atoms with E-state index in [0.29, 0.717) is 6.42 Å². The molecule has 0 saturated carbocycles. The fourth-order valence-corrected chi connectivity index (χ4v) is 1.02. The van der Waals surface area contributed by atoms with Crippen LogP contribution in [0.3, 0.4) is 0 Å². The lowest BCUT2D eigenvalue weighted by Crippen LogP contribution is -1.89. The number of nitro benzene ring substituents is 1. The van der Waals surface area contributed by atoms with Crippen molar-refractivity contribution in [2.75, 3.05) is 0 Å². The third-order valence-corrected chi connectivity index (χ3v) is 1.62. The number of benzene rings is 1. The molecule has 1 aromatic rings. The largest absolute Gasteiger partial charge is 0.502 e. The number of phenols is 1. The van der Waals surface area contributed by atoms with Crippen LogP contribution in [-0.2, 0) is 6.42 Å². The highest BCUT2D eigenvalue weighted by Gasteiger charge is 2.11. The van der Waals surface area contributed by atoms with E-state index in [1.165, 1.54) is 12.1 Å². The Hall–Kier alpha value is -1.84. The molecule has 1 aromatic carbocycles. The maximum absolute atomic E-state index is 10.3. The molecule has 0 saturated heterocycles. The summed E-state index contributed by atoms with van der Waals surface area (Å²) in [6.07, 6.45) is 2.26. The van der Waals surface area contributed by atoms with Crippen LogP contribution < -0.4 is 0 Å². The molecule has 13 heavy (non-hydrogen) atoms. The van der Waals surface area contributed by atoms with E-state index in [9.17, 15) is 15.2 Å². The molecular weight excluding hydrogens is 170 g/mol. The second-order valence-electron chi connectivity index (χ2n) is 2.57. The summed E-state index contributed by atoms with van der Waals surface area (Å²) in [6.45, 7) is 3.53. The first-order valence-corrected chi connectivity index (χ1v) is 3.72. The fourth-order valence-electron chi connectivity index (χ4n) is 1.02. The topological polar surface area (TPSA) is 63.4 Å². The molecule has 0 spiro atoms. The maximum atomic E-state index is 10.3. The smallest absolute Gasteiger partial charge is 0.310 e. The summed E-state index contributed by atoms with van der Waals surface area (Å²) < 4.78 is 0. The number of aromatic hydroxyl groups is 1. The molecule has 0 fully saturated rings. The second-order valence-corrected chi connectivity index (χ2v) is 2.57. The van der Waals surface area contributed by atoms with Crippen LogP contribution in [0.2, 0.25) is 0 Å². The van der Waals surface area contributed by atoms with E-state index < -0.39 is 4.92 Å². The first kappa shape index (κ1) is 9.25. The predicted octanol–water partition coefficient (Wildman–Crippen LogP) is 2.03. The van der Waals surface area contributed by atoms with Crippen LogP contribution in [0.5, 0.6) is 5.75 Å². The Morgan fingerprint density at radius 2 is 2.31 bits per heavy atom. The highest BCUT2D eigenvalue weighted by atomic mass is 16.6. The number of allylic oxidation sites excluding steroid dienone is 1. The normalized spacial score (nSPS) is 9.54. The summed E-state index contributed by atoms with van der Waals surface area (Å²) in [6, 6.07) is 4.26. The molecular formula is C9H9NO3. The fraction of sp³-hybridized carbons (Fsp3) is 0.111. The van der Waals surface area contributed by atoms with Crippen molar-refractivity contribution in [3.05, 3.63) is 46.5 Å². The van der Waals surface area contributed by atoms with Gasteiger partial charge in [-0.15, -0.1) is 6.58 Å². The highest BCUT2D eigenvalue weighted by molar-refractivity contribution is 5.47. The Labute approximate surface area is 75.3 Å². The molecule has 1 rings (SSSR count). The second kappa shape index (κ2) is 3.71. The van der Waals surface area contributed by atoms with Crippen LogP contribution in [0.25, 0.3) is 0 Å². The van der Waals surface area contributed by atoms with Gasteiger partial charge in [-0.05, 0) is 18.1 Å². The monoisotopic (exact) mass is 179 g/mol. The lowest BCUT2D eigenvalue weighted by molar-refractivity contribution is -0.385. The van der Waals surface area contributed by atoms with Crippen LogP contribution in [0.1, 0.15) is 5.56 Å². The van der Waals surface area contributed by atoms with Crippen LogP contribution in [-0.4, -0.2) is 10.0 Å². The van der Waals surface area contributed by atoms with Crippen molar-refractivity contribution in [2.45, 2.75) is 6.42 Å². The van der Waals surface area contributed by atoms with Crippen molar-refractivity contribution in [3.63, 3.8) is 0 Å². The predicted molar refractivity (Wildman–Crippen MR) is 48.7 cm³/mol. The number of nitrogens with zero attached hydrogens (tertiary/aromatic N) is 1. The van der Waals surface area contributed by atoms with E-state index in [-0.39, 0.29) is 11.4 Å². The molecule has 4 heteroatoms. The molecule has 0 atom stereocenters. The van der Waals surface area contributed by atoms with E-state index in [4.69, 9.17) is 0 Å². The van der Waals surface area contributed by atoms with Crippen molar-refractivity contribution in [2.24, 2.45) is 0 Å². The quantitative estimate of drug-likeness (QED) is 0.438. The minimum absolute atomic E-state index is 0.271. The van der Waals surface area contributed by atoms with Crippen molar-refractivity contribution < 1.29 is 10.0 Å². The minimum Gasteiger partial charge on any atom is -0.502 e. The molecule has 1 N–H and O–H groups in total. The molecule has 0 bridgehead atoms. The Balaban J connectivity index is 3.05. The van der Waals surface area contributed by atoms with Gasteiger partial charge in [0.1, 0.15) is 0 Å². The number of phenolic OH excluding ortho intramolecular Hbond substituents is 1. The SMILES string of the molecule is C=CCc1ccc([N+](=O)[O-])c(O)c1. The van der Waals surface area contributed by atoms with E-state index in [1.54, 1.807) is 12.1 Å². The third kappa shape index (κ3) is 2.05. The van der Waals surface area contributed by atoms with Gasteiger partial charge in [-0.25, -0.2) is 0 Å². The summed E-state index contributed by atoms with van der Waals surface area (Å²) >= 11 is 0. The molecule has 0 aliphatic rings. The zero-order valence-corrected chi connectivity index (χ0v) is 6.93. The van der Waals surface area contributed by atoms with Crippen LogP contribution >= 0.6 is 0 Å². The van der Waals surface area contributed by atoms with Gasteiger partial charge in [-0.1, -0.05) is 12.1 Å². The number of rotatable bonds is 3. The lowest BCUT2D eigenvalue weighted by atomic mass is 10.1. The summed E-state index contributed by atoms with van der Waals surface area (Å²) in [7, 11) is 0. The Kier molecular flexibility index (Phi) is 2.64. The first-order valence-electron chi connectivity index (χ1n) is 3.72. The zero-order valence-electron chi connectivity index (χ0n) is 6.93. The molecule has 0 aromatic heterocycles. The van der Waals surface area contributed by atoms with Crippen LogP contribution in [0, 0.1) is 10.1 Å². The summed E-state index contributed by atoms with van der Waals surface area (Å²) in [5.41, 5.74) is 0.533. The molecule has 0 radical (unpaired) electrons. The molecule has 0 unspecified atom stereocenters. The number of nitro groups is 1. The van der Waals surface area contributed by atoms with Crippen molar-refractivity contribution >= 4 is 5.69 Å². The summed E-state index contributed by atoms with van der Waals surface area (Å²) in [5.74, 6) is -0.302. The van der Waals surface area contributed by atoms with E-state index >= 15 is 0 Å². The Bertz CT molecular complexity index is 347. The standard InChI is InChI=1S/C9H9NO3/c1-2-3-7-4-5-8(10(12)13)9(11)6-7/h2,4-6,11H,1,3H2. The molecule has 0 aliphatic carbocycles. The summed E-state index contributed by atoms with van der Waals surface area (Å²) in [4.78, 5) is 9.70. The van der Waals surface area contributed by atoms with Gasteiger partial charge in [0.15, 0.2) is 5.75 Å². The Morgan fingerprint density at radius 1 is 1.62 bits per heavy atom. The molecule has 68 valence electrons. The van der Waals surface area contributed by atoms with Gasteiger partial charge in [-0.3, -0.25) is 10.1 Å². The van der Waals surface area contributed by atoms with Crippen LogP contribution in [0.15, 0.2) is 30.9 Å². The molecule has 0 heterocycles. The Morgan fingerprint density at radius 3 is 2.77 bits per heavy atom. The number of hydrogen-bond donors (Lipinski definition) is 1. The lowest BCUT2D eigenvalue weighted by Gasteiger charge is -1.98. The van der Waals surface area contributed by atoms with Crippen molar-refractivity contribution in [3.8, 4) is 5.75 Å². The van der Waals surface area contributed by atoms with Crippen molar-refractivity contribution in [1.82, 2.24) is 0 Å². The third-order valence-electron chi connectivity index (χ3n) is 1.62. The van der Waals surface area contributed by atoms with Gasteiger partial charge in [0.25, 0.3) is 0 Å². The zero-order chi connectivity index (χ0) is 9.84. The average Bonchev–Trinajstić information content (AvgIpc) is 2.04. The first-order chi connectivity index (χ1) is 6.15. The van der Waals surface area contributed by atoms with Crippen LogP contribution in [0.4, 0.5) is 5.69 Å². The van der Waals surface area contributed by atoms with E-state index in [0.717, 1.165) is 5.56 Å². The molecule has 0 aliphatic heterocycles. The summed E-state index contributed by atoms with van der Waals surface area (Å²) in [5, 5.41) is 19.5. The highest BCUT2D eigenvalue weighted by Crippen LogP contribution is 2.26. The van der Waals surface area contributed by atoms with Gasteiger partial charge in [0.2, 0.25) is 0 Å². The van der Waals surface area contributed by atoms with E-state index in [1.807, 2.05) is 0 Å². The van der Waals surface area contributed by atoms with Gasteiger partial charge >= 0.3 is 5.69 Å². The average molecular weight is 179 g/mol. The maximum Gasteiger partial charge on any atom is 0.310 e. The minimum atomic E-state index is -0.618. The van der Waals surface area contributed by atoms with Crippen molar-refractivity contribution in [1.29, 1.82) is 0 Å². The number of hydrogen-bond acceptors (Lipinski definition) is 3. The van der Waals surface area contributed by atoms with Gasteiger partial charge in [0, 0.05) is 6.07 Å². The molecule has 4 nitrogen and oxygen atoms in total.